The Morgan fingerprint density at radius 2 is 1.82 bits per heavy atom. The number of Topliss-reactive ketones (excluding diaryl/α,β-unsaturated/α-hetero) is 1. The predicted octanol–water partition coefficient (Wildman–Crippen LogP) is 3.81. The van der Waals surface area contributed by atoms with E-state index in [0.717, 1.165) is 16.8 Å². The van der Waals surface area contributed by atoms with Crippen molar-refractivity contribution >= 4 is 17.5 Å². The van der Waals surface area contributed by atoms with Crippen LogP contribution in [0.4, 0.5) is 5.82 Å². The largest absolute Gasteiger partial charge is 0.508 e. The summed E-state index contributed by atoms with van der Waals surface area (Å²) in [7, 11) is 0. The SMILES string of the molecule is Cc1ccc(-n2nc(C)c3c2NC(=O)C[C@H]3C(=O)c2ccc(O)cc2)cc1C. The van der Waals surface area contributed by atoms with Crippen LogP contribution in [0.25, 0.3) is 5.69 Å². The van der Waals surface area contributed by atoms with Crippen LogP contribution >= 0.6 is 0 Å². The van der Waals surface area contributed by atoms with Crippen molar-refractivity contribution in [3.8, 4) is 11.4 Å². The molecule has 6 nitrogen and oxygen atoms in total. The summed E-state index contributed by atoms with van der Waals surface area (Å²) in [5.74, 6) is -0.325. The highest BCUT2D eigenvalue weighted by Gasteiger charge is 2.36. The monoisotopic (exact) mass is 375 g/mol. The normalized spacial score (nSPS) is 15.8. The first kappa shape index (κ1) is 18.0. The van der Waals surface area contributed by atoms with Gasteiger partial charge in [-0.3, -0.25) is 9.59 Å². The first-order chi connectivity index (χ1) is 13.3. The van der Waals surface area contributed by atoms with Crippen LogP contribution in [0.2, 0.25) is 0 Å². The Kier molecular flexibility index (Phi) is 4.26. The van der Waals surface area contributed by atoms with Gasteiger partial charge in [0.15, 0.2) is 5.78 Å². The fourth-order valence-corrected chi connectivity index (χ4v) is 3.64. The second-order valence-electron chi connectivity index (χ2n) is 7.24. The van der Waals surface area contributed by atoms with Gasteiger partial charge in [0.1, 0.15) is 11.6 Å². The molecule has 4 rings (SSSR count). The minimum atomic E-state index is -0.603. The number of aryl methyl sites for hydroxylation is 3. The molecule has 2 N–H and O–H groups in total. The van der Waals surface area contributed by atoms with Gasteiger partial charge in [0.25, 0.3) is 0 Å². The van der Waals surface area contributed by atoms with Crippen LogP contribution in [0.3, 0.4) is 0 Å². The number of fused-ring (bicyclic) bond motifs is 1. The zero-order valence-electron chi connectivity index (χ0n) is 16.0. The summed E-state index contributed by atoms with van der Waals surface area (Å²) in [6.45, 7) is 5.92. The maximum absolute atomic E-state index is 13.1. The molecular formula is C22H21N3O3. The number of hydrogen-bond acceptors (Lipinski definition) is 4. The zero-order valence-corrected chi connectivity index (χ0v) is 16.0. The first-order valence-electron chi connectivity index (χ1n) is 9.15. The van der Waals surface area contributed by atoms with Crippen LogP contribution in [0.15, 0.2) is 42.5 Å². The molecule has 142 valence electrons. The Labute approximate surface area is 162 Å². The molecule has 2 heterocycles. The average molecular weight is 375 g/mol. The smallest absolute Gasteiger partial charge is 0.226 e. The van der Waals surface area contributed by atoms with Gasteiger partial charge in [-0.1, -0.05) is 6.07 Å². The molecule has 3 aromatic rings. The maximum atomic E-state index is 13.1. The van der Waals surface area contributed by atoms with Gasteiger partial charge >= 0.3 is 0 Å². The van der Waals surface area contributed by atoms with Gasteiger partial charge in [-0.15, -0.1) is 0 Å². The number of phenols is 1. The molecule has 1 aromatic heterocycles. The van der Waals surface area contributed by atoms with Crippen molar-refractivity contribution < 1.29 is 14.7 Å². The predicted molar refractivity (Wildman–Crippen MR) is 106 cm³/mol. The number of anilines is 1. The minimum absolute atomic E-state index is 0.0756. The van der Waals surface area contributed by atoms with E-state index >= 15 is 0 Å². The Morgan fingerprint density at radius 1 is 1.11 bits per heavy atom. The van der Waals surface area contributed by atoms with Crippen LogP contribution in [0.1, 0.15) is 45.1 Å². The summed E-state index contributed by atoms with van der Waals surface area (Å²) < 4.78 is 1.70. The summed E-state index contributed by atoms with van der Waals surface area (Å²) in [6.07, 6.45) is 0.0756. The van der Waals surface area contributed by atoms with Gasteiger partial charge < -0.3 is 10.4 Å². The molecule has 28 heavy (non-hydrogen) atoms. The second-order valence-corrected chi connectivity index (χ2v) is 7.24. The zero-order chi connectivity index (χ0) is 20.0. The van der Waals surface area contributed by atoms with Crippen molar-refractivity contribution in [2.75, 3.05) is 5.32 Å². The number of carbonyl (C=O) groups is 2. The van der Waals surface area contributed by atoms with Gasteiger partial charge in [-0.25, -0.2) is 4.68 Å². The van der Waals surface area contributed by atoms with Crippen molar-refractivity contribution in [2.24, 2.45) is 0 Å². The van der Waals surface area contributed by atoms with Crippen molar-refractivity contribution in [1.82, 2.24) is 9.78 Å². The molecule has 0 saturated carbocycles. The fourth-order valence-electron chi connectivity index (χ4n) is 3.64. The molecule has 0 radical (unpaired) electrons. The third-order valence-corrected chi connectivity index (χ3v) is 5.31. The van der Waals surface area contributed by atoms with Gasteiger partial charge in [-0.05, 0) is 68.3 Å². The number of hydrogen-bond donors (Lipinski definition) is 2. The highest BCUT2D eigenvalue weighted by molar-refractivity contribution is 6.08. The standard InChI is InChI=1S/C22H21N3O3/c1-12-4-7-16(10-13(12)2)25-22-20(14(3)24-25)18(11-19(27)23-22)21(28)15-5-8-17(26)9-6-15/h4-10,18,26H,11H2,1-3H3,(H,23,27)/t18-/m1/s1. The molecule has 0 aliphatic carbocycles. The number of carbonyl (C=O) groups excluding carboxylic acids is 2. The van der Waals surface area contributed by atoms with Gasteiger partial charge in [0.05, 0.1) is 17.3 Å². The Morgan fingerprint density at radius 3 is 2.50 bits per heavy atom. The van der Waals surface area contributed by atoms with Crippen molar-refractivity contribution in [3.05, 3.63) is 70.4 Å². The summed E-state index contributed by atoms with van der Waals surface area (Å²) >= 11 is 0. The number of aromatic hydroxyl groups is 1. The summed E-state index contributed by atoms with van der Waals surface area (Å²) in [5, 5.41) is 17.0. The third kappa shape index (κ3) is 2.97. The third-order valence-electron chi connectivity index (χ3n) is 5.31. The maximum Gasteiger partial charge on any atom is 0.226 e. The average Bonchev–Trinajstić information content (AvgIpc) is 3.00. The lowest BCUT2D eigenvalue weighted by Gasteiger charge is -2.23. The molecule has 1 amide bonds. The van der Waals surface area contributed by atoms with Gasteiger partial charge in [-0.2, -0.15) is 5.10 Å². The van der Waals surface area contributed by atoms with E-state index in [1.165, 1.54) is 17.7 Å². The molecule has 0 fully saturated rings. The van der Waals surface area contributed by atoms with Crippen LogP contribution in [0, 0.1) is 20.8 Å². The molecule has 0 spiro atoms. The van der Waals surface area contributed by atoms with E-state index in [2.05, 4.69) is 10.4 Å². The molecule has 0 bridgehead atoms. The lowest BCUT2D eigenvalue weighted by molar-refractivity contribution is -0.116. The van der Waals surface area contributed by atoms with Crippen LogP contribution in [-0.2, 0) is 4.79 Å². The Hall–Kier alpha value is -3.41. The summed E-state index contributed by atoms with van der Waals surface area (Å²) in [6, 6.07) is 12.1. The highest BCUT2D eigenvalue weighted by atomic mass is 16.3. The van der Waals surface area contributed by atoms with Crippen LogP contribution < -0.4 is 5.32 Å². The van der Waals surface area contributed by atoms with Gasteiger partial charge in [0, 0.05) is 17.5 Å². The fraction of sp³-hybridized carbons (Fsp3) is 0.227. The van der Waals surface area contributed by atoms with E-state index in [1.807, 2.05) is 39.0 Å². The number of amides is 1. The number of nitrogens with zero attached hydrogens (tertiary/aromatic N) is 2. The lowest BCUT2D eigenvalue weighted by atomic mass is 9.85. The number of nitrogens with one attached hydrogen (secondary N) is 1. The van der Waals surface area contributed by atoms with Crippen LogP contribution in [-0.4, -0.2) is 26.6 Å². The van der Waals surface area contributed by atoms with E-state index in [-0.39, 0.29) is 23.9 Å². The first-order valence-corrected chi connectivity index (χ1v) is 9.15. The number of benzene rings is 2. The molecule has 1 atom stereocenters. The molecule has 6 heteroatoms. The molecule has 0 saturated heterocycles. The quantitative estimate of drug-likeness (QED) is 0.682. The number of phenolic OH excluding ortho intramolecular Hbond substituents is 1. The molecule has 1 aliphatic rings. The Balaban J connectivity index is 1.82. The molecule has 0 unspecified atom stereocenters. The number of aromatic nitrogens is 2. The topological polar surface area (TPSA) is 84.2 Å². The number of ketones is 1. The van der Waals surface area contributed by atoms with E-state index in [9.17, 15) is 14.7 Å². The second kappa shape index (κ2) is 6.64. The molecule has 1 aliphatic heterocycles. The summed E-state index contributed by atoms with van der Waals surface area (Å²) in [4.78, 5) is 25.5. The van der Waals surface area contributed by atoms with E-state index in [1.54, 1.807) is 16.8 Å². The molecular weight excluding hydrogens is 354 g/mol. The summed E-state index contributed by atoms with van der Waals surface area (Å²) in [5.41, 5.74) is 5.05. The highest BCUT2D eigenvalue weighted by Crippen LogP contribution is 2.38. The minimum Gasteiger partial charge on any atom is -0.508 e. The Bertz CT molecular complexity index is 1100. The van der Waals surface area contributed by atoms with Crippen molar-refractivity contribution in [2.45, 2.75) is 33.1 Å². The van der Waals surface area contributed by atoms with Crippen molar-refractivity contribution in [3.63, 3.8) is 0 Å². The van der Waals surface area contributed by atoms with Gasteiger partial charge in [0.2, 0.25) is 5.91 Å². The van der Waals surface area contributed by atoms with Crippen LogP contribution in [0.5, 0.6) is 5.75 Å². The number of rotatable bonds is 3. The van der Waals surface area contributed by atoms with E-state index < -0.39 is 5.92 Å². The van der Waals surface area contributed by atoms with E-state index in [4.69, 9.17) is 0 Å². The van der Waals surface area contributed by atoms with Crippen molar-refractivity contribution in [1.29, 1.82) is 0 Å². The molecule has 2 aromatic carbocycles. The van der Waals surface area contributed by atoms with E-state index in [0.29, 0.717) is 17.1 Å². The lowest BCUT2D eigenvalue weighted by Crippen LogP contribution is -2.28.